The minimum atomic E-state index is -0.816. The van der Waals surface area contributed by atoms with Crippen LogP contribution in [0, 0.1) is 6.92 Å². The molecule has 1 aromatic rings. The number of rotatable bonds is 6. The van der Waals surface area contributed by atoms with Gasteiger partial charge in [0.2, 0.25) is 0 Å². The fourth-order valence-electron chi connectivity index (χ4n) is 1.66. The van der Waals surface area contributed by atoms with Crippen LogP contribution in [0.5, 0.6) is 0 Å². The van der Waals surface area contributed by atoms with Crippen LogP contribution < -0.4 is 5.32 Å². The van der Waals surface area contributed by atoms with Gasteiger partial charge in [0.1, 0.15) is 0 Å². The van der Waals surface area contributed by atoms with Crippen LogP contribution in [0.25, 0.3) is 6.08 Å². The molecule has 5 heteroatoms. The highest BCUT2D eigenvalue weighted by molar-refractivity contribution is 5.86. The van der Waals surface area contributed by atoms with Gasteiger partial charge >= 0.3 is 12.1 Å². The molecule has 108 valence electrons. The average Bonchev–Trinajstić information content (AvgIpc) is 2.38. The topological polar surface area (TPSA) is 75.6 Å². The van der Waals surface area contributed by atoms with Gasteiger partial charge in [-0.25, -0.2) is 4.79 Å². The van der Waals surface area contributed by atoms with Crippen molar-refractivity contribution in [1.82, 2.24) is 0 Å². The molecule has 20 heavy (non-hydrogen) atoms. The van der Waals surface area contributed by atoms with Gasteiger partial charge in [0.25, 0.3) is 0 Å². The summed E-state index contributed by atoms with van der Waals surface area (Å²) in [5.74, 6) is -0.816. The number of carbonyl (C=O) groups excluding carboxylic acids is 1. The third-order valence-corrected chi connectivity index (χ3v) is 2.71. The zero-order chi connectivity index (χ0) is 15.0. The Morgan fingerprint density at radius 2 is 2.15 bits per heavy atom. The number of aliphatic carboxylic acids is 1. The van der Waals surface area contributed by atoms with Crippen LogP contribution in [-0.4, -0.2) is 23.8 Å². The first kappa shape index (κ1) is 15.8. The molecule has 0 unspecified atom stereocenters. The van der Waals surface area contributed by atoms with E-state index in [1.54, 1.807) is 13.0 Å². The van der Waals surface area contributed by atoms with Crippen molar-refractivity contribution in [2.24, 2.45) is 0 Å². The second kappa shape index (κ2) is 7.99. The van der Waals surface area contributed by atoms with Gasteiger partial charge in [-0.15, -0.1) is 0 Å². The molecule has 0 atom stereocenters. The lowest BCUT2D eigenvalue weighted by Gasteiger charge is -2.10. The Morgan fingerprint density at radius 1 is 1.40 bits per heavy atom. The largest absolute Gasteiger partial charge is 0.481 e. The van der Waals surface area contributed by atoms with Crippen LogP contribution in [-0.2, 0) is 9.53 Å². The lowest BCUT2D eigenvalue weighted by molar-refractivity contribution is -0.136. The highest BCUT2D eigenvalue weighted by atomic mass is 16.5. The van der Waals surface area contributed by atoms with Crippen molar-refractivity contribution in [2.45, 2.75) is 26.7 Å². The maximum absolute atomic E-state index is 11.4. The molecule has 0 aliphatic carbocycles. The molecule has 0 aromatic heterocycles. The highest BCUT2D eigenvalue weighted by Gasteiger charge is 2.06. The summed E-state index contributed by atoms with van der Waals surface area (Å²) in [6.45, 7) is 3.95. The van der Waals surface area contributed by atoms with Gasteiger partial charge in [-0.05, 0) is 37.5 Å². The third-order valence-electron chi connectivity index (χ3n) is 2.71. The van der Waals surface area contributed by atoms with E-state index in [1.807, 2.05) is 31.2 Å². The molecule has 2 N–H and O–H groups in total. The molecular formula is C15H19NO4. The van der Waals surface area contributed by atoms with Gasteiger partial charge in [-0.2, -0.15) is 0 Å². The van der Waals surface area contributed by atoms with Crippen LogP contribution >= 0.6 is 0 Å². The number of ether oxygens (including phenoxy) is 1. The van der Waals surface area contributed by atoms with Crippen molar-refractivity contribution in [2.75, 3.05) is 11.9 Å². The van der Waals surface area contributed by atoms with Crippen LogP contribution in [0.1, 0.15) is 30.9 Å². The van der Waals surface area contributed by atoms with E-state index in [9.17, 15) is 9.59 Å². The van der Waals surface area contributed by atoms with E-state index in [2.05, 4.69) is 5.32 Å². The third kappa shape index (κ3) is 5.14. The minimum Gasteiger partial charge on any atom is -0.481 e. The van der Waals surface area contributed by atoms with Crippen molar-refractivity contribution in [3.63, 3.8) is 0 Å². The Labute approximate surface area is 118 Å². The van der Waals surface area contributed by atoms with Gasteiger partial charge in [-0.1, -0.05) is 24.3 Å². The molecule has 0 radical (unpaired) electrons. The summed E-state index contributed by atoms with van der Waals surface area (Å²) in [6, 6.07) is 5.52. The lowest BCUT2D eigenvalue weighted by Crippen LogP contribution is -2.14. The number of anilines is 1. The summed E-state index contributed by atoms with van der Waals surface area (Å²) in [6.07, 6.45) is 3.77. The Balaban J connectivity index is 2.74. The number of hydrogen-bond donors (Lipinski definition) is 2. The highest BCUT2D eigenvalue weighted by Crippen LogP contribution is 2.20. The van der Waals surface area contributed by atoms with Crippen molar-refractivity contribution in [3.05, 3.63) is 35.4 Å². The molecule has 0 aliphatic heterocycles. The normalized spacial score (nSPS) is 10.5. The molecule has 1 aromatic carbocycles. The molecule has 0 bridgehead atoms. The van der Waals surface area contributed by atoms with Crippen LogP contribution in [0.2, 0.25) is 0 Å². The fraction of sp³-hybridized carbons (Fsp3) is 0.333. The molecule has 0 heterocycles. The van der Waals surface area contributed by atoms with E-state index in [1.165, 1.54) is 0 Å². The van der Waals surface area contributed by atoms with Gasteiger partial charge in [-0.3, -0.25) is 10.1 Å². The van der Waals surface area contributed by atoms with Crippen molar-refractivity contribution >= 4 is 23.8 Å². The van der Waals surface area contributed by atoms with Crippen LogP contribution in [0.15, 0.2) is 24.3 Å². The zero-order valence-corrected chi connectivity index (χ0v) is 11.7. The summed E-state index contributed by atoms with van der Waals surface area (Å²) >= 11 is 0. The Hall–Kier alpha value is -2.30. The molecule has 5 nitrogen and oxygen atoms in total. The summed E-state index contributed by atoms with van der Waals surface area (Å²) < 4.78 is 4.83. The molecule has 0 saturated carbocycles. The summed E-state index contributed by atoms with van der Waals surface area (Å²) in [5.41, 5.74) is 2.53. The predicted molar refractivity (Wildman–Crippen MR) is 77.7 cm³/mol. The van der Waals surface area contributed by atoms with Crippen molar-refractivity contribution in [3.8, 4) is 0 Å². The number of allylic oxidation sites excluding steroid dienone is 1. The number of carboxylic acid groups (broad SMARTS) is 1. The number of benzene rings is 1. The fourth-order valence-corrected chi connectivity index (χ4v) is 1.66. The van der Waals surface area contributed by atoms with E-state index in [-0.39, 0.29) is 6.42 Å². The van der Waals surface area contributed by atoms with Gasteiger partial charge in [0, 0.05) is 12.1 Å². The quantitative estimate of drug-likeness (QED) is 0.835. The van der Waals surface area contributed by atoms with Crippen molar-refractivity contribution < 1.29 is 19.4 Å². The summed E-state index contributed by atoms with van der Waals surface area (Å²) in [5, 5.41) is 11.2. The molecule has 0 saturated heterocycles. The van der Waals surface area contributed by atoms with E-state index in [4.69, 9.17) is 9.84 Å². The standard InChI is InChI=1S/C15H19NO4/c1-3-20-15(19)16-13-9-6-8-12(11(13)2)7-4-5-10-14(17)18/h4,6-9H,3,5,10H2,1-2H3,(H,16,19)(H,17,18)/b7-4+. The van der Waals surface area contributed by atoms with Crippen LogP contribution in [0.4, 0.5) is 10.5 Å². The monoisotopic (exact) mass is 277 g/mol. The van der Waals surface area contributed by atoms with Gasteiger partial charge in [0.05, 0.1) is 6.61 Å². The molecule has 0 fully saturated rings. The molecule has 0 spiro atoms. The van der Waals surface area contributed by atoms with E-state index in [0.717, 1.165) is 11.1 Å². The lowest BCUT2D eigenvalue weighted by atomic mass is 10.1. The first-order chi connectivity index (χ1) is 9.54. The first-order valence-electron chi connectivity index (χ1n) is 6.46. The number of carboxylic acids is 1. The van der Waals surface area contributed by atoms with Gasteiger partial charge in [0.15, 0.2) is 0 Å². The molecule has 1 amide bonds. The summed E-state index contributed by atoms with van der Waals surface area (Å²) in [7, 11) is 0. The van der Waals surface area contributed by atoms with Crippen molar-refractivity contribution in [1.29, 1.82) is 0 Å². The second-order valence-electron chi connectivity index (χ2n) is 4.20. The molecule has 0 aliphatic rings. The number of hydrogen-bond acceptors (Lipinski definition) is 3. The van der Waals surface area contributed by atoms with E-state index in [0.29, 0.717) is 18.7 Å². The Morgan fingerprint density at radius 3 is 2.80 bits per heavy atom. The van der Waals surface area contributed by atoms with Gasteiger partial charge < -0.3 is 9.84 Å². The first-order valence-corrected chi connectivity index (χ1v) is 6.46. The number of nitrogens with one attached hydrogen (secondary N) is 1. The number of carbonyl (C=O) groups is 2. The maximum Gasteiger partial charge on any atom is 0.411 e. The zero-order valence-electron chi connectivity index (χ0n) is 11.7. The van der Waals surface area contributed by atoms with E-state index < -0.39 is 12.1 Å². The SMILES string of the molecule is CCOC(=O)Nc1cccc(/C=C/CCC(=O)O)c1C. The second-order valence-corrected chi connectivity index (χ2v) is 4.20. The molecular weight excluding hydrogens is 258 g/mol. The average molecular weight is 277 g/mol. The minimum absolute atomic E-state index is 0.107. The molecule has 1 rings (SSSR count). The smallest absolute Gasteiger partial charge is 0.411 e. The Bertz CT molecular complexity index is 509. The Kier molecular flexibility index (Phi) is 6.29. The maximum atomic E-state index is 11.4. The summed E-state index contributed by atoms with van der Waals surface area (Å²) in [4.78, 5) is 21.8. The van der Waals surface area contributed by atoms with Crippen LogP contribution in [0.3, 0.4) is 0 Å². The predicted octanol–water partition coefficient (Wildman–Crippen LogP) is 3.44. The van der Waals surface area contributed by atoms with E-state index >= 15 is 0 Å². The number of amides is 1.